The van der Waals surface area contributed by atoms with Gasteiger partial charge in [-0.1, -0.05) is 0 Å². The summed E-state index contributed by atoms with van der Waals surface area (Å²) < 4.78 is 0. The van der Waals surface area contributed by atoms with Gasteiger partial charge in [-0.25, -0.2) is 0 Å². The molecule has 1 amide bonds. The van der Waals surface area contributed by atoms with Crippen LogP contribution < -0.4 is 16.2 Å². The van der Waals surface area contributed by atoms with Crippen molar-refractivity contribution >= 4 is 22.2 Å². The van der Waals surface area contributed by atoms with Crippen molar-refractivity contribution in [2.75, 3.05) is 18.0 Å². The summed E-state index contributed by atoms with van der Waals surface area (Å²) in [5, 5.41) is 1.24. The molecule has 1 saturated carbocycles. The lowest BCUT2D eigenvalue weighted by atomic mass is 9.90. The third-order valence-electron chi connectivity index (χ3n) is 6.93. The van der Waals surface area contributed by atoms with E-state index in [0.717, 1.165) is 61.0 Å². The van der Waals surface area contributed by atoms with Gasteiger partial charge in [0.2, 0.25) is 0 Å². The van der Waals surface area contributed by atoms with E-state index in [0.29, 0.717) is 30.7 Å². The number of aromatic nitrogens is 1. The lowest BCUT2D eigenvalue weighted by Gasteiger charge is -2.36. The summed E-state index contributed by atoms with van der Waals surface area (Å²) in [5.41, 5.74) is 10.5. The summed E-state index contributed by atoms with van der Waals surface area (Å²) in [6.45, 7) is 10.1. The number of amides is 1. The molecular formula is C24H34N4O2S. The first-order valence-corrected chi connectivity index (χ1v) is 12.2. The zero-order valence-electron chi connectivity index (χ0n) is 19.1. The highest BCUT2D eigenvalue weighted by molar-refractivity contribution is 7.16. The molecule has 4 rings (SSSR count). The van der Waals surface area contributed by atoms with Gasteiger partial charge in [-0.05, 0) is 70.6 Å². The first-order valence-electron chi connectivity index (χ1n) is 11.4. The number of carbonyl (C=O) groups excluding carboxylic acids is 1. The fourth-order valence-electron chi connectivity index (χ4n) is 5.19. The second kappa shape index (κ2) is 8.79. The minimum absolute atomic E-state index is 0.0577. The van der Waals surface area contributed by atoms with Crippen molar-refractivity contribution in [1.29, 1.82) is 0 Å². The molecule has 1 fully saturated rings. The van der Waals surface area contributed by atoms with E-state index in [2.05, 4.69) is 23.7 Å². The zero-order valence-corrected chi connectivity index (χ0v) is 19.9. The number of aryl methyl sites for hydroxylation is 2. The van der Waals surface area contributed by atoms with Crippen LogP contribution in [0.5, 0.6) is 0 Å². The van der Waals surface area contributed by atoms with Gasteiger partial charge >= 0.3 is 0 Å². The first kappa shape index (κ1) is 22.1. The highest BCUT2D eigenvalue weighted by atomic mass is 32.1. The van der Waals surface area contributed by atoms with Crippen LogP contribution in [0.2, 0.25) is 0 Å². The molecule has 31 heavy (non-hydrogen) atoms. The monoisotopic (exact) mass is 442 g/mol. The molecule has 1 aliphatic heterocycles. The van der Waals surface area contributed by atoms with Crippen molar-refractivity contribution in [3.8, 4) is 0 Å². The molecule has 0 saturated heterocycles. The molecule has 0 spiro atoms. The number of carbonyl (C=O) groups is 1. The van der Waals surface area contributed by atoms with Gasteiger partial charge in [0, 0.05) is 47.7 Å². The lowest BCUT2D eigenvalue weighted by Crippen LogP contribution is -2.41. The quantitative estimate of drug-likeness (QED) is 0.740. The van der Waals surface area contributed by atoms with Gasteiger partial charge in [0.05, 0.1) is 17.1 Å². The zero-order chi connectivity index (χ0) is 22.3. The SMILES string of the molecule is CCN(c1sc2c(c1C)C(=O)N(Cc1c(C)cc(C)[nH]c1=O)CC2)[C@H]1CC[C@H](N)CC1. The van der Waals surface area contributed by atoms with Gasteiger partial charge < -0.3 is 20.5 Å². The predicted molar refractivity (Wildman–Crippen MR) is 127 cm³/mol. The largest absolute Gasteiger partial charge is 0.361 e. The molecule has 0 aromatic carbocycles. The maximum atomic E-state index is 13.5. The molecule has 2 aromatic rings. The summed E-state index contributed by atoms with van der Waals surface area (Å²) in [7, 11) is 0. The highest BCUT2D eigenvalue weighted by Gasteiger charge is 2.33. The van der Waals surface area contributed by atoms with Crippen molar-refractivity contribution < 1.29 is 4.79 Å². The number of nitrogens with two attached hydrogens (primary N) is 1. The van der Waals surface area contributed by atoms with Crippen molar-refractivity contribution in [2.45, 2.75) is 78.4 Å². The number of fused-ring (bicyclic) bond motifs is 1. The number of hydrogen-bond acceptors (Lipinski definition) is 5. The third kappa shape index (κ3) is 4.17. The van der Waals surface area contributed by atoms with Crippen LogP contribution in [-0.4, -0.2) is 41.0 Å². The Kier molecular flexibility index (Phi) is 6.26. The minimum Gasteiger partial charge on any atom is -0.361 e. The first-order chi connectivity index (χ1) is 14.8. The fourth-order valence-corrected chi connectivity index (χ4v) is 6.61. The number of thiophene rings is 1. The van der Waals surface area contributed by atoms with Crippen LogP contribution in [0.1, 0.15) is 70.2 Å². The second-order valence-electron chi connectivity index (χ2n) is 9.10. The van der Waals surface area contributed by atoms with Crippen LogP contribution in [0.4, 0.5) is 5.00 Å². The van der Waals surface area contributed by atoms with Gasteiger partial charge in [0.25, 0.3) is 11.5 Å². The Hall–Kier alpha value is -2.12. The lowest BCUT2D eigenvalue weighted by molar-refractivity contribution is 0.0727. The Morgan fingerprint density at radius 3 is 2.55 bits per heavy atom. The molecular weight excluding hydrogens is 408 g/mol. The van der Waals surface area contributed by atoms with E-state index in [1.54, 1.807) is 11.3 Å². The van der Waals surface area contributed by atoms with E-state index in [-0.39, 0.29) is 11.5 Å². The number of pyridine rings is 1. The van der Waals surface area contributed by atoms with Crippen molar-refractivity contribution in [2.24, 2.45) is 5.73 Å². The molecule has 3 heterocycles. The van der Waals surface area contributed by atoms with Crippen LogP contribution in [0, 0.1) is 20.8 Å². The van der Waals surface area contributed by atoms with Gasteiger partial charge in [0.15, 0.2) is 0 Å². The molecule has 6 nitrogen and oxygen atoms in total. The van der Waals surface area contributed by atoms with Gasteiger partial charge in [-0.2, -0.15) is 0 Å². The van der Waals surface area contributed by atoms with E-state index in [9.17, 15) is 9.59 Å². The number of hydrogen-bond donors (Lipinski definition) is 2. The Morgan fingerprint density at radius 1 is 1.19 bits per heavy atom. The molecule has 2 aromatic heterocycles. The summed E-state index contributed by atoms with van der Waals surface area (Å²) in [5.74, 6) is 0.0577. The molecule has 168 valence electrons. The number of anilines is 1. The third-order valence-corrected chi connectivity index (χ3v) is 8.32. The standard InChI is InChI=1S/C24H34N4O2S/c1-5-28(18-8-6-17(25)7-9-18)24-16(4)21-20(31-24)10-11-27(23(21)30)13-19-14(2)12-15(3)26-22(19)29/h12,17-18H,5-11,13,25H2,1-4H3,(H,26,29)/t17-,18-. The maximum absolute atomic E-state index is 13.5. The van der Waals surface area contributed by atoms with Crippen LogP contribution in [0.15, 0.2) is 10.9 Å². The minimum atomic E-state index is -0.0912. The summed E-state index contributed by atoms with van der Waals surface area (Å²) in [4.78, 5) is 34.3. The smallest absolute Gasteiger partial charge is 0.255 e. The van der Waals surface area contributed by atoms with Crippen LogP contribution in [-0.2, 0) is 13.0 Å². The van der Waals surface area contributed by atoms with Gasteiger partial charge in [-0.3, -0.25) is 9.59 Å². The van der Waals surface area contributed by atoms with E-state index in [1.165, 1.54) is 9.88 Å². The summed E-state index contributed by atoms with van der Waals surface area (Å²) in [6.07, 6.45) is 5.23. The molecule has 2 aliphatic rings. The number of H-pyrrole nitrogens is 1. The molecule has 0 unspecified atom stereocenters. The number of nitrogens with one attached hydrogen (secondary N) is 1. The van der Waals surface area contributed by atoms with E-state index >= 15 is 0 Å². The average molecular weight is 443 g/mol. The van der Waals surface area contributed by atoms with E-state index in [1.807, 2.05) is 24.8 Å². The molecule has 1 aliphatic carbocycles. The Labute approximate surface area is 188 Å². The molecule has 7 heteroatoms. The molecule has 0 radical (unpaired) electrons. The van der Waals surface area contributed by atoms with Gasteiger partial charge in [-0.15, -0.1) is 11.3 Å². The maximum Gasteiger partial charge on any atom is 0.255 e. The fraction of sp³-hybridized carbons (Fsp3) is 0.583. The summed E-state index contributed by atoms with van der Waals surface area (Å²) >= 11 is 1.79. The van der Waals surface area contributed by atoms with Crippen LogP contribution >= 0.6 is 11.3 Å². The molecule has 3 N–H and O–H groups in total. The molecule has 0 atom stereocenters. The summed E-state index contributed by atoms with van der Waals surface area (Å²) in [6, 6.07) is 2.80. The predicted octanol–water partition coefficient (Wildman–Crippen LogP) is 3.66. The normalized spacial score (nSPS) is 21.3. The van der Waals surface area contributed by atoms with Crippen molar-refractivity contribution in [3.05, 3.63) is 49.2 Å². The van der Waals surface area contributed by atoms with Crippen molar-refractivity contribution in [3.63, 3.8) is 0 Å². The Morgan fingerprint density at radius 2 is 1.90 bits per heavy atom. The molecule has 0 bridgehead atoms. The van der Waals surface area contributed by atoms with Crippen LogP contribution in [0.25, 0.3) is 0 Å². The Balaban J connectivity index is 1.60. The van der Waals surface area contributed by atoms with E-state index < -0.39 is 0 Å². The second-order valence-corrected chi connectivity index (χ2v) is 10.2. The van der Waals surface area contributed by atoms with Crippen LogP contribution in [0.3, 0.4) is 0 Å². The van der Waals surface area contributed by atoms with E-state index in [4.69, 9.17) is 5.73 Å². The Bertz CT molecular complexity index is 1030. The number of aromatic amines is 1. The van der Waals surface area contributed by atoms with Gasteiger partial charge in [0.1, 0.15) is 0 Å². The highest BCUT2D eigenvalue weighted by Crippen LogP contribution is 2.41. The number of rotatable bonds is 5. The average Bonchev–Trinajstić information content (AvgIpc) is 3.05. The topological polar surface area (TPSA) is 82.4 Å². The number of nitrogens with zero attached hydrogens (tertiary/aromatic N) is 2. The van der Waals surface area contributed by atoms with Crippen molar-refractivity contribution in [1.82, 2.24) is 9.88 Å².